The predicted molar refractivity (Wildman–Crippen MR) is 85.4 cm³/mol. The summed E-state index contributed by atoms with van der Waals surface area (Å²) in [5, 5.41) is 13.5. The first-order valence-electron chi connectivity index (χ1n) is 7.63. The maximum atomic E-state index is 11.6. The van der Waals surface area contributed by atoms with Gasteiger partial charge in [-0.15, -0.1) is 0 Å². The van der Waals surface area contributed by atoms with Crippen LogP contribution in [0.1, 0.15) is 25.3 Å². The number of ether oxygens (including phenoxy) is 2. The smallest absolute Gasteiger partial charge is 0.408 e. The Morgan fingerprint density at radius 2 is 1.83 bits per heavy atom. The van der Waals surface area contributed by atoms with Gasteiger partial charge in [-0.05, 0) is 12.0 Å². The van der Waals surface area contributed by atoms with Crippen LogP contribution in [-0.4, -0.2) is 42.5 Å². The number of alkyl carbamates (subject to hydrolysis) is 2. The summed E-state index contributed by atoms with van der Waals surface area (Å²) in [5.41, 5.74) is 0.775. The summed E-state index contributed by atoms with van der Waals surface area (Å²) in [6, 6.07) is 7.66. The molecule has 1 atom stereocenters. The van der Waals surface area contributed by atoms with Crippen LogP contribution in [0.15, 0.2) is 30.3 Å². The molecule has 0 radical (unpaired) electrons. The van der Waals surface area contributed by atoms with E-state index in [1.54, 1.807) is 24.3 Å². The van der Waals surface area contributed by atoms with Crippen LogP contribution in [0.25, 0.3) is 0 Å². The van der Waals surface area contributed by atoms with Crippen molar-refractivity contribution >= 4 is 18.2 Å². The van der Waals surface area contributed by atoms with E-state index in [2.05, 4.69) is 10.6 Å². The van der Waals surface area contributed by atoms with Crippen LogP contribution >= 0.6 is 0 Å². The minimum Gasteiger partial charge on any atom is -0.480 e. The lowest BCUT2D eigenvalue weighted by Crippen LogP contribution is -2.48. The van der Waals surface area contributed by atoms with E-state index >= 15 is 0 Å². The fourth-order valence-corrected chi connectivity index (χ4v) is 1.65. The average Bonchev–Trinajstić information content (AvgIpc) is 2.57. The summed E-state index contributed by atoms with van der Waals surface area (Å²) >= 11 is 0. The molecule has 1 rings (SSSR count). The van der Waals surface area contributed by atoms with E-state index in [9.17, 15) is 14.4 Å². The summed E-state index contributed by atoms with van der Waals surface area (Å²) in [4.78, 5) is 34.1. The number of carbonyl (C=O) groups excluding carboxylic acids is 2. The number of hydrogen-bond donors (Lipinski definition) is 3. The van der Waals surface area contributed by atoms with Gasteiger partial charge in [-0.25, -0.2) is 14.4 Å². The lowest BCUT2D eigenvalue weighted by Gasteiger charge is -2.15. The number of carboxylic acid groups (broad SMARTS) is 1. The first-order chi connectivity index (χ1) is 11.5. The van der Waals surface area contributed by atoms with E-state index in [0.29, 0.717) is 0 Å². The highest BCUT2D eigenvalue weighted by Gasteiger charge is 2.21. The number of amides is 2. The Balaban J connectivity index is 2.35. The van der Waals surface area contributed by atoms with Gasteiger partial charge in [-0.3, -0.25) is 0 Å². The first kappa shape index (κ1) is 19.3. The van der Waals surface area contributed by atoms with Crippen LogP contribution in [0.4, 0.5) is 9.59 Å². The molecule has 0 bridgehead atoms. The maximum Gasteiger partial charge on any atom is 0.408 e. The summed E-state index contributed by atoms with van der Waals surface area (Å²) in [6.45, 7) is 1.92. The molecule has 0 saturated carbocycles. The van der Waals surface area contributed by atoms with Crippen LogP contribution in [-0.2, 0) is 20.9 Å². The van der Waals surface area contributed by atoms with E-state index < -0.39 is 24.2 Å². The van der Waals surface area contributed by atoms with E-state index in [0.717, 1.165) is 18.4 Å². The van der Waals surface area contributed by atoms with Crippen LogP contribution < -0.4 is 10.6 Å². The SMILES string of the molecule is CCCCOC(=O)NC[C@H](NC(=O)OCc1ccccc1)C(=O)O. The molecule has 2 amide bonds. The standard InChI is InChI=1S/C16H22N2O6/c1-2-3-9-23-15(21)17-10-13(14(19)20)18-16(22)24-11-12-7-5-4-6-8-12/h4-8,13H,2-3,9-11H2,1H3,(H,17,21)(H,18,22)(H,19,20)/t13-/m0/s1. The van der Waals surface area contributed by atoms with Crippen molar-refractivity contribution < 1.29 is 29.0 Å². The molecule has 8 heteroatoms. The highest BCUT2D eigenvalue weighted by atomic mass is 16.6. The molecule has 132 valence electrons. The number of nitrogens with one attached hydrogen (secondary N) is 2. The molecule has 3 N–H and O–H groups in total. The fourth-order valence-electron chi connectivity index (χ4n) is 1.65. The van der Waals surface area contributed by atoms with Crippen molar-refractivity contribution in [1.29, 1.82) is 0 Å². The minimum atomic E-state index is -1.31. The predicted octanol–water partition coefficient (Wildman–Crippen LogP) is 1.89. The Morgan fingerprint density at radius 1 is 1.12 bits per heavy atom. The monoisotopic (exact) mass is 338 g/mol. The number of carboxylic acids is 1. The zero-order chi connectivity index (χ0) is 17.8. The van der Waals surface area contributed by atoms with E-state index in [4.69, 9.17) is 14.6 Å². The zero-order valence-electron chi connectivity index (χ0n) is 13.5. The molecule has 0 aromatic heterocycles. The van der Waals surface area contributed by atoms with Gasteiger partial charge in [-0.2, -0.15) is 0 Å². The molecule has 1 aromatic carbocycles. The van der Waals surface area contributed by atoms with Crippen molar-refractivity contribution in [2.75, 3.05) is 13.2 Å². The largest absolute Gasteiger partial charge is 0.480 e. The molecular formula is C16H22N2O6. The third-order valence-electron chi connectivity index (χ3n) is 2.98. The number of rotatable bonds is 9. The molecule has 0 fully saturated rings. The zero-order valence-corrected chi connectivity index (χ0v) is 13.5. The van der Waals surface area contributed by atoms with E-state index in [1.165, 1.54) is 0 Å². The molecule has 1 aromatic rings. The molecule has 0 saturated heterocycles. The summed E-state index contributed by atoms with van der Waals surface area (Å²) < 4.78 is 9.77. The minimum absolute atomic E-state index is 0.0193. The molecule has 0 aliphatic carbocycles. The molecule has 0 aliphatic rings. The lowest BCUT2D eigenvalue weighted by molar-refractivity contribution is -0.139. The Kier molecular flexibility index (Phi) is 8.73. The Bertz CT molecular complexity index is 535. The number of benzene rings is 1. The topological polar surface area (TPSA) is 114 Å². The van der Waals surface area contributed by atoms with Gasteiger partial charge in [0.15, 0.2) is 0 Å². The van der Waals surface area contributed by atoms with Crippen molar-refractivity contribution in [3.05, 3.63) is 35.9 Å². The van der Waals surface area contributed by atoms with Gasteiger partial charge in [0.1, 0.15) is 12.6 Å². The second-order valence-corrected chi connectivity index (χ2v) is 4.97. The Morgan fingerprint density at radius 3 is 2.46 bits per heavy atom. The Hall–Kier alpha value is -2.77. The van der Waals surface area contributed by atoms with E-state index in [1.807, 2.05) is 13.0 Å². The van der Waals surface area contributed by atoms with Crippen molar-refractivity contribution in [2.24, 2.45) is 0 Å². The van der Waals surface area contributed by atoms with Crippen molar-refractivity contribution in [1.82, 2.24) is 10.6 Å². The highest BCUT2D eigenvalue weighted by Crippen LogP contribution is 2.00. The third-order valence-corrected chi connectivity index (χ3v) is 2.98. The lowest BCUT2D eigenvalue weighted by atomic mass is 10.2. The van der Waals surface area contributed by atoms with Crippen molar-refractivity contribution in [3.63, 3.8) is 0 Å². The molecule has 8 nitrogen and oxygen atoms in total. The van der Waals surface area contributed by atoms with Gasteiger partial charge in [0, 0.05) is 0 Å². The van der Waals surface area contributed by atoms with Crippen molar-refractivity contribution in [3.8, 4) is 0 Å². The van der Waals surface area contributed by atoms with Crippen LogP contribution in [0.5, 0.6) is 0 Å². The van der Waals surface area contributed by atoms with Crippen LogP contribution in [0, 0.1) is 0 Å². The molecular weight excluding hydrogens is 316 g/mol. The van der Waals surface area contributed by atoms with Crippen molar-refractivity contribution in [2.45, 2.75) is 32.4 Å². The maximum absolute atomic E-state index is 11.6. The molecule has 0 aliphatic heterocycles. The Labute approximate surface area is 140 Å². The van der Waals surface area contributed by atoms with Gasteiger partial charge in [0.05, 0.1) is 13.2 Å². The number of hydrogen-bond acceptors (Lipinski definition) is 5. The second kappa shape index (κ2) is 10.9. The molecule has 24 heavy (non-hydrogen) atoms. The number of carbonyl (C=O) groups is 3. The third kappa shape index (κ3) is 8.02. The normalized spacial score (nSPS) is 11.2. The van der Waals surface area contributed by atoms with E-state index in [-0.39, 0.29) is 19.8 Å². The second-order valence-electron chi connectivity index (χ2n) is 4.97. The van der Waals surface area contributed by atoms with Gasteiger partial charge in [0.25, 0.3) is 0 Å². The molecule has 0 unspecified atom stereocenters. The first-order valence-corrected chi connectivity index (χ1v) is 7.63. The average molecular weight is 338 g/mol. The van der Waals surface area contributed by atoms with Gasteiger partial charge >= 0.3 is 18.2 Å². The number of aliphatic carboxylic acids is 1. The van der Waals surface area contributed by atoms with Crippen LogP contribution in [0.2, 0.25) is 0 Å². The van der Waals surface area contributed by atoms with Crippen LogP contribution in [0.3, 0.4) is 0 Å². The summed E-state index contributed by atoms with van der Waals surface area (Å²) in [7, 11) is 0. The number of unbranched alkanes of at least 4 members (excludes halogenated alkanes) is 1. The molecule has 0 spiro atoms. The highest BCUT2D eigenvalue weighted by molar-refractivity contribution is 5.80. The fraction of sp³-hybridized carbons (Fsp3) is 0.438. The quantitative estimate of drug-likeness (QED) is 0.593. The molecule has 0 heterocycles. The summed E-state index contributed by atoms with van der Waals surface area (Å²) in [5.74, 6) is -1.29. The van der Waals surface area contributed by atoms with Gasteiger partial charge in [0.2, 0.25) is 0 Å². The van der Waals surface area contributed by atoms with Gasteiger partial charge in [-0.1, -0.05) is 43.7 Å². The summed E-state index contributed by atoms with van der Waals surface area (Å²) in [6.07, 6.45) is -0.0128. The van der Waals surface area contributed by atoms with Gasteiger partial charge < -0.3 is 25.2 Å².